The lowest BCUT2D eigenvalue weighted by Crippen LogP contribution is -3.00. The smallest absolute Gasteiger partial charge is 0.255 e. The summed E-state index contributed by atoms with van der Waals surface area (Å²) in [6, 6.07) is 9.42. The number of amides is 1. The topological polar surface area (TPSA) is 185 Å². The number of aliphatic hydroxyl groups excluding tert-OH is 2. The maximum absolute atomic E-state index is 13.7. The third kappa shape index (κ3) is 5.81. The minimum atomic E-state index is -2.63. The molecule has 13 heteroatoms. The Bertz CT molecular complexity index is 1630. The Kier molecular flexibility index (Phi) is 10.2. The van der Waals surface area contributed by atoms with E-state index in [-0.39, 0.29) is 42.1 Å². The van der Waals surface area contributed by atoms with Crippen LogP contribution in [0.1, 0.15) is 24.5 Å². The zero-order valence-corrected chi connectivity index (χ0v) is 27.8. The number of rotatable bonds is 5. The molecule has 2 aromatic rings. The Labute approximate surface area is 274 Å². The molecule has 0 bridgehead atoms. The van der Waals surface area contributed by atoms with Gasteiger partial charge in [-0.2, -0.15) is 0 Å². The van der Waals surface area contributed by atoms with Crippen LogP contribution in [-0.2, 0) is 20.8 Å². The molecule has 3 aliphatic carbocycles. The van der Waals surface area contributed by atoms with Crippen molar-refractivity contribution >= 4 is 34.6 Å². The molecular weight excluding hydrogens is 616 g/mol. The molecule has 0 saturated heterocycles. The fourth-order valence-corrected chi connectivity index (χ4v) is 6.70. The summed E-state index contributed by atoms with van der Waals surface area (Å²) in [6.07, 6.45) is 0.324. The molecule has 1 fully saturated rings. The van der Waals surface area contributed by atoms with E-state index in [0.717, 1.165) is 22.4 Å². The number of likely N-dealkylation sites (N-methyl/N-ethyl adjacent to an activating group) is 1. The van der Waals surface area contributed by atoms with Crippen molar-refractivity contribution in [2.24, 2.45) is 17.6 Å². The van der Waals surface area contributed by atoms with Gasteiger partial charge in [0.2, 0.25) is 5.78 Å². The number of benzene rings is 2. The summed E-state index contributed by atoms with van der Waals surface area (Å²) in [4.78, 5) is 42.0. The molecule has 7 N–H and O–H groups in total. The van der Waals surface area contributed by atoms with Crippen LogP contribution in [0, 0.1) is 11.8 Å². The number of anilines is 1. The van der Waals surface area contributed by atoms with Crippen LogP contribution in [0.3, 0.4) is 0 Å². The monoisotopic (exact) mass is 658 g/mol. The average molecular weight is 659 g/mol. The molecule has 0 aliphatic heterocycles. The number of hydrogen-bond donors (Lipinski definition) is 6. The largest absolute Gasteiger partial charge is 1.00 e. The van der Waals surface area contributed by atoms with Crippen LogP contribution in [0.25, 0.3) is 5.76 Å². The zero-order valence-electron chi connectivity index (χ0n) is 27.1. The number of Topliss-reactive ketones (excluding diaryl/α,β-unsaturated/α-hetero) is 2. The van der Waals surface area contributed by atoms with Crippen molar-refractivity contribution in [3.63, 3.8) is 0 Å². The fourth-order valence-electron chi connectivity index (χ4n) is 6.70. The molecule has 0 aromatic heterocycles. The van der Waals surface area contributed by atoms with Gasteiger partial charge in [-0.05, 0) is 69.6 Å². The Morgan fingerprint density at radius 2 is 1.67 bits per heavy atom. The highest BCUT2D eigenvalue weighted by Crippen LogP contribution is 2.53. The van der Waals surface area contributed by atoms with Gasteiger partial charge >= 0.3 is 0 Å². The highest BCUT2D eigenvalue weighted by molar-refractivity contribution is 6.24. The number of nitrogens with two attached hydrogens (primary N) is 1. The lowest BCUT2D eigenvalue weighted by Gasteiger charge is -2.50. The summed E-state index contributed by atoms with van der Waals surface area (Å²) in [5.41, 5.74) is 4.28. The standard InChI is InChI=1S/C23H27N3O7.C10H15NO.ClH/c1-25(2)12-5-6-13(27)15-10(12)7-9-8-11-17(26(3)4)19(29)16(22(24)32)21(31)23(11,33)20(30)14(9)18(15)28;1-4-11(2,3)9-6-5-7-10(12)8-9;/h5-6,9,11,17,27-28,31,33H,7-8H2,1-4H3,(H2,24,32);5-8H,4H2,1-3H3;1H/t9-,11-,17-,23-;;/m0../s1. The van der Waals surface area contributed by atoms with Crippen molar-refractivity contribution in [3.05, 3.63) is 64.4 Å². The van der Waals surface area contributed by atoms with E-state index in [0.29, 0.717) is 11.3 Å². The number of quaternary nitrogens is 1. The van der Waals surface area contributed by atoms with Gasteiger partial charge in [0.05, 0.1) is 32.2 Å². The summed E-state index contributed by atoms with van der Waals surface area (Å²) in [7, 11) is 11.0. The number of fused-ring (bicyclic) bond motifs is 3. The first-order valence-corrected chi connectivity index (χ1v) is 14.7. The number of nitrogens with zero attached hydrogens (tertiary/aromatic N) is 3. The van der Waals surface area contributed by atoms with Crippen LogP contribution in [0.15, 0.2) is 53.3 Å². The van der Waals surface area contributed by atoms with Gasteiger partial charge in [-0.15, -0.1) is 0 Å². The summed E-state index contributed by atoms with van der Waals surface area (Å²) in [5.74, 6) is -6.20. The molecule has 3 aliphatic rings. The lowest BCUT2D eigenvalue weighted by atomic mass is 9.57. The summed E-state index contributed by atoms with van der Waals surface area (Å²) in [5, 5.41) is 53.2. The van der Waals surface area contributed by atoms with E-state index in [4.69, 9.17) is 5.73 Å². The normalized spacial score (nSPS) is 23.9. The van der Waals surface area contributed by atoms with E-state index in [9.17, 15) is 39.9 Å². The van der Waals surface area contributed by atoms with Gasteiger partial charge in [0.15, 0.2) is 11.4 Å². The molecule has 0 heterocycles. The first-order valence-electron chi connectivity index (χ1n) is 14.7. The molecule has 46 heavy (non-hydrogen) atoms. The Morgan fingerprint density at radius 3 is 2.20 bits per heavy atom. The molecule has 4 atom stereocenters. The van der Waals surface area contributed by atoms with Crippen molar-refractivity contribution < 1.29 is 52.3 Å². The van der Waals surface area contributed by atoms with Crippen molar-refractivity contribution in [2.45, 2.75) is 31.4 Å². The number of aliphatic hydroxyl groups is 3. The Hall–Kier alpha value is -4.10. The minimum Gasteiger partial charge on any atom is -1.00 e. The second kappa shape index (κ2) is 13.0. The molecule has 1 saturated carbocycles. The number of carbonyl (C=O) groups excluding carboxylic acids is 3. The zero-order chi connectivity index (χ0) is 33.8. The average Bonchev–Trinajstić information content (AvgIpc) is 2.95. The van der Waals surface area contributed by atoms with E-state index >= 15 is 0 Å². The van der Waals surface area contributed by atoms with E-state index in [1.807, 2.05) is 37.2 Å². The molecule has 250 valence electrons. The molecule has 5 rings (SSSR count). The predicted molar refractivity (Wildman–Crippen MR) is 171 cm³/mol. The maximum Gasteiger partial charge on any atom is 0.255 e. The summed E-state index contributed by atoms with van der Waals surface area (Å²) < 4.78 is 0.800. The van der Waals surface area contributed by atoms with Crippen LogP contribution < -0.4 is 27.5 Å². The van der Waals surface area contributed by atoms with Crippen LogP contribution in [0.5, 0.6) is 11.5 Å². The second-order valence-electron chi connectivity index (χ2n) is 12.8. The maximum atomic E-state index is 13.7. The van der Waals surface area contributed by atoms with Gasteiger partial charge in [-0.1, -0.05) is 6.07 Å². The summed E-state index contributed by atoms with van der Waals surface area (Å²) >= 11 is 0. The number of aromatic hydroxyl groups is 2. The van der Waals surface area contributed by atoms with E-state index in [1.54, 1.807) is 26.2 Å². The predicted octanol–water partition coefficient (Wildman–Crippen LogP) is -0.987. The first kappa shape index (κ1) is 36.4. The number of carbonyl (C=O) groups is 3. The number of hydrogen-bond acceptors (Lipinski definition) is 10. The molecule has 0 radical (unpaired) electrons. The van der Waals surface area contributed by atoms with Gasteiger partial charge in [0.25, 0.3) is 5.91 Å². The van der Waals surface area contributed by atoms with E-state index < -0.39 is 58.0 Å². The van der Waals surface area contributed by atoms with Crippen LogP contribution >= 0.6 is 0 Å². The van der Waals surface area contributed by atoms with Crippen molar-refractivity contribution in [1.29, 1.82) is 0 Å². The molecule has 0 spiro atoms. The van der Waals surface area contributed by atoms with E-state index in [1.165, 1.54) is 11.0 Å². The number of halogens is 1. The third-order valence-corrected chi connectivity index (χ3v) is 9.38. The lowest BCUT2D eigenvalue weighted by molar-refractivity contribution is -0.153. The molecule has 12 nitrogen and oxygen atoms in total. The Morgan fingerprint density at radius 1 is 1.04 bits per heavy atom. The quantitative estimate of drug-likeness (QED) is 0.172. The fraction of sp³-hybridized carbons (Fsp3) is 0.424. The van der Waals surface area contributed by atoms with Gasteiger partial charge < -0.3 is 48.6 Å². The van der Waals surface area contributed by atoms with Crippen molar-refractivity contribution in [1.82, 2.24) is 9.38 Å². The SMILES string of the molecule is CC[N+](C)(C)c1cccc(O)c1.CN(C)c1ccc(O)c2c1C[C@H]1C[C@H]3[C@H](N(C)C)C(=O)C(C(N)=O)=C(O)[C@@]3(O)C(=O)C1=C2O.[Cl-]. The highest BCUT2D eigenvalue weighted by Gasteiger charge is 2.64. The van der Waals surface area contributed by atoms with Crippen LogP contribution in [-0.4, -0.2) is 108 Å². The highest BCUT2D eigenvalue weighted by atomic mass is 35.5. The number of primary amides is 1. The molecular formula is C33H43ClN4O8. The van der Waals surface area contributed by atoms with E-state index in [2.05, 4.69) is 21.0 Å². The van der Waals surface area contributed by atoms with Crippen LogP contribution in [0.4, 0.5) is 11.4 Å². The Balaban J connectivity index is 0.000000375. The van der Waals surface area contributed by atoms with Crippen LogP contribution in [0.2, 0.25) is 0 Å². The van der Waals surface area contributed by atoms with Crippen molar-refractivity contribution in [3.8, 4) is 11.5 Å². The first-order chi connectivity index (χ1) is 20.9. The van der Waals surface area contributed by atoms with Crippen molar-refractivity contribution in [2.75, 3.05) is 53.7 Å². The van der Waals surface area contributed by atoms with Gasteiger partial charge in [-0.3, -0.25) is 23.8 Å². The molecule has 2 aromatic carbocycles. The number of phenols is 2. The molecule has 0 unspecified atom stereocenters. The van der Waals surface area contributed by atoms with Gasteiger partial charge in [0, 0.05) is 37.3 Å². The molecule has 1 amide bonds. The summed E-state index contributed by atoms with van der Waals surface area (Å²) in [6.45, 7) is 3.15. The minimum absolute atomic E-state index is 0. The number of phenolic OH excluding ortho intramolecular Hbond substituents is 2. The van der Waals surface area contributed by atoms with Gasteiger partial charge in [-0.25, -0.2) is 0 Å². The van der Waals surface area contributed by atoms with Gasteiger partial charge in [0.1, 0.15) is 34.3 Å². The third-order valence-electron chi connectivity index (χ3n) is 9.38. The second-order valence-corrected chi connectivity index (χ2v) is 12.8. The number of ketones is 2.